The first-order valence-corrected chi connectivity index (χ1v) is 27.7. The first kappa shape index (κ1) is 44.4. The molecule has 4 aliphatic heterocycles. The van der Waals surface area contributed by atoms with Crippen molar-refractivity contribution in [3.63, 3.8) is 0 Å². The summed E-state index contributed by atoms with van der Waals surface area (Å²) in [5.74, 6) is 1.48. The van der Waals surface area contributed by atoms with Gasteiger partial charge in [0.25, 0.3) is 13.4 Å². The van der Waals surface area contributed by atoms with Crippen molar-refractivity contribution in [3.05, 3.63) is 267 Å². The highest BCUT2D eigenvalue weighted by atomic mass is 16.5. The van der Waals surface area contributed by atoms with Crippen molar-refractivity contribution in [3.8, 4) is 11.5 Å². The fourth-order valence-electron chi connectivity index (χ4n) is 14.1. The van der Waals surface area contributed by atoms with E-state index in [9.17, 15) is 0 Å². The Morgan fingerprint density at radius 2 is 0.691 bits per heavy atom. The van der Waals surface area contributed by atoms with E-state index in [2.05, 4.69) is 250 Å². The molecular formula is C72H44B2N4O3. The third kappa shape index (κ3) is 6.31. The van der Waals surface area contributed by atoms with Crippen molar-refractivity contribution in [2.24, 2.45) is 0 Å². The van der Waals surface area contributed by atoms with Gasteiger partial charge in [-0.05, 0) is 130 Å². The van der Waals surface area contributed by atoms with E-state index in [0.717, 1.165) is 118 Å². The zero-order valence-electron chi connectivity index (χ0n) is 43.6. The van der Waals surface area contributed by atoms with Gasteiger partial charge in [-0.2, -0.15) is 0 Å². The Bertz CT molecular complexity index is 4900. The number of hydrogen-bond donors (Lipinski definition) is 0. The van der Waals surface area contributed by atoms with Gasteiger partial charge < -0.3 is 33.2 Å². The van der Waals surface area contributed by atoms with Crippen LogP contribution in [0.5, 0.6) is 11.5 Å². The van der Waals surface area contributed by atoms with Crippen LogP contribution in [0.2, 0.25) is 0 Å². The van der Waals surface area contributed by atoms with Crippen LogP contribution in [0.1, 0.15) is 0 Å². The number of fused-ring (bicyclic) bond motifs is 16. The maximum absolute atomic E-state index is 7.18. The minimum Gasteiger partial charge on any atom is -0.457 e. The van der Waals surface area contributed by atoms with Gasteiger partial charge in [-0.15, -0.1) is 0 Å². The normalized spacial score (nSPS) is 13.5. The van der Waals surface area contributed by atoms with E-state index in [-0.39, 0.29) is 13.4 Å². The van der Waals surface area contributed by atoms with Crippen LogP contribution in [0.15, 0.2) is 276 Å². The molecule has 0 saturated heterocycles. The van der Waals surface area contributed by atoms with Crippen molar-refractivity contribution in [1.82, 2.24) is 0 Å². The van der Waals surface area contributed by atoms with Crippen LogP contribution in [-0.2, 0) is 0 Å². The second-order valence-electron chi connectivity index (χ2n) is 21.5. The topological polar surface area (TPSA) is 48.5 Å². The third-order valence-electron chi connectivity index (χ3n) is 17.2. The molecule has 0 amide bonds. The molecule has 0 N–H and O–H groups in total. The van der Waals surface area contributed by atoms with Crippen molar-refractivity contribution >= 4 is 158 Å². The lowest BCUT2D eigenvalue weighted by Crippen LogP contribution is -2.65. The van der Waals surface area contributed by atoms with Gasteiger partial charge in [-0.25, -0.2) is 0 Å². The fraction of sp³-hybridized carbons (Fsp3) is 0. The lowest BCUT2D eigenvalue weighted by molar-refractivity contribution is 0.482. The van der Waals surface area contributed by atoms with Gasteiger partial charge in [0.05, 0.1) is 22.1 Å². The summed E-state index contributed by atoms with van der Waals surface area (Å²) in [4.78, 5) is 9.98. The van der Waals surface area contributed by atoms with E-state index in [1.165, 1.54) is 32.8 Å². The molecule has 0 fully saturated rings. The van der Waals surface area contributed by atoms with Crippen molar-refractivity contribution in [2.45, 2.75) is 0 Å². The molecule has 4 aliphatic rings. The lowest BCUT2D eigenvalue weighted by atomic mass is 9.30. The Balaban J connectivity index is 0.980. The largest absolute Gasteiger partial charge is 0.457 e. The number of para-hydroxylation sites is 8. The fourth-order valence-corrected chi connectivity index (χ4v) is 14.1. The van der Waals surface area contributed by atoms with Crippen molar-refractivity contribution in [1.29, 1.82) is 0 Å². The second kappa shape index (κ2) is 16.9. The molecule has 9 heteroatoms. The monoisotopic (exact) mass is 1030 g/mol. The molecule has 7 nitrogen and oxygen atoms in total. The van der Waals surface area contributed by atoms with Gasteiger partial charge in [0.15, 0.2) is 0 Å². The summed E-state index contributed by atoms with van der Waals surface area (Å²) in [7, 11) is 0. The number of nitrogens with zero attached hydrogens (tertiary/aromatic N) is 4. The smallest absolute Gasteiger partial charge is 0.252 e. The summed E-state index contributed by atoms with van der Waals surface area (Å²) in [6.07, 6.45) is 0. The van der Waals surface area contributed by atoms with E-state index >= 15 is 0 Å². The molecule has 14 aromatic rings. The number of anilines is 12. The molecule has 6 heterocycles. The van der Waals surface area contributed by atoms with Gasteiger partial charge in [-0.3, -0.25) is 0 Å². The van der Waals surface area contributed by atoms with Crippen LogP contribution in [0.4, 0.5) is 68.2 Å². The minimum atomic E-state index is -0.188. The summed E-state index contributed by atoms with van der Waals surface area (Å²) in [6, 6.07) is 96.0. The average molecular weight is 1030 g/mol. The molecule has 0 unspecified atom stereocenters. The summed E-state index contributed by atoms with van der Waals surface area (Å²) in [5.41, 5.74) is 23.8. The molecule has 81 heavy (non-hydrogen) atoms. The molecule has 0 spiro atoms. The van der Waals surface area contributed by atoms with E-state index in [1.54, 1.807) is 0 Å². The maximum Gasteiger partial charge on any atom is 0.252 e. The van der Waals surface area contributed by atoms with Gasteiger partial charge in [0.1, 0.15) is 33.8 Å². The number of benzene rings is 12. The molecule has 18 rings (SSSR count). The molecule has 0 bridgehead atoms. The van der Waals surface area contributed by atoms with Gasteiger partial charge in [0.2, 0.25) is 0 Å². The highest BCUT2D eigenvalue weighted by molar-refractivity contribution is 7.03. The molecule has 376 valence electrons. The summed E-state index contributed by atoms with van der Waals surface area (Å²) in [5, 5.41) is 4.25. The van der Waals surface area contributed by atoms with Gasteiger partial charge in [0, 0.05) is 85.8 Å². The molecule has 0 radical (unpaired) electrons. The molecule has 0 aliphatic carbocycles. The Morgan fingerprint density at radius 3 is 1.26 bits per heavy atom. The van der Waals surface area contributed by atoms with Crippen molar-refractivity contribution in [2.75, 3.05) is 19.6 Å². The average Bonchev–Trinajstić information content (AvgIpc) is 3.52. The van der Waals surface area contributed by atoms with Crippen LogP contribution in [0.3, 0.4) is 0 Å². The SMILES string of the molecule is c1ccc(Oc2ccc3c(c2)oc2cc4c5c(c23)N(c2ccccc2)c2ccccc2B5c2cc3c(cc2N4c2ccccc2)N(c2ccccc2)c2c4c(cc5oc6ccccc6c25)N(c2ccccc2)c2ccccc2B34)cc1. The molecule has 2 aromatic heterocycles. The number of furan rings is 2. The Hall–Kier alpha value is -10.6. The minimum absolute atomic E-state index is 0.164. The zero-order chi connectivity index (χ0) is 52.9. The number of hydrogen-bond acceptors (Lipinski definition) is 7. The second-order valence-corrected chi connectivity index (χ2v) is 21.5. The molecule has 0 atom stereocenters. The van der Waals surface area contributed by atoms with E-state index in [4.69, 9.17) is 13.6 Å². The standard InChI is InChI=1S/C72H44B2N4O3/c1-6-22-45(23-7-1)75-57-35-19-17-33-53(57)73-56-41-55-59(42-60(56)78(48-28-12-4-13-29-48)72-67-51-32-16-21-37-63(51)80-65(67)43-61(75)69(72)73)76(46-24-8-2-9-25-46)62-44-66-68(52-39-38-50(40-64(52)81-66)79-49-30-14-5-15-31-49)71-70(62)74(55)54-34-18-20-36-58(54)77(71)47-26-10-3-11-27-47/h1-44H. The predicted octanol–water partition coefficient (Wildman–Crippen LogP) is 15.4. The van der Waals surface area contributed by atoms with E-state index < -0.39 is 0 Å². The number of rotatable bonds is 6. The van der Waals surface area contributed by atoms with Crippen LogP contribution >= 0.6 is 0 Å². The first-order valence-electron chi connectivity index (χ1n) is 27.7. The van der Waals surface area contributed by atoms with Crippen LogP contribution in [0.25, 0.3) is 43.9 Å². The van der Waals surface area contributed by atoms with Crippen LogP contribution in [-0.4, -0.2) is 13.4 Å². The maximum atomic E-state index is 7.18. The van der Waals surface area contributed by atoms with Gasteiger partial charge in [-0.1, -0.05) is 152 Å². The zero-order valence-corrected chi connectivity index (χ0v) is 43.6. The quantitative estimate of drug-likeness (QED) is 0.154. The first-order chi connectivity index (χ1) is 40.2. The molecule has 0 saturated carbocycles. The van der Waals surface area contributed by atoms with E-state index in [1.807, 2.05) is 36.4 Å². The summed E-state index contributed by atoms with van der Waals surface area (Å²) < 4.78 is 20.6. The highest BCUT2D eigenvalue weighted by Gasteiger charge is 2.49. The summed E-state index contributed by atoms with van der Waals surface area (Å²) >= 11 is 0. The molecule has 12 aromatic carbocycles. The summed E-state index contributed by atoms with van der Waals surface area (Å²) in [6.45, 7) is -0.352. The van der Waals surface area contributed by atoms with Crippen molar-refractivity contribution < 1.29 is 13.6 Å². The van der Waals surface area contributed by atoms with Crippen LogP contribution in [0, 0.1) is 0 Å². The predicted molar refractivity (Wildman–Crippen MR) is 336 cm³/mol. The lowest BCUT2D eigenvalue weighted by Gasteiger charge is -2.47. The Morgan fingerprint density at radius 1 is 0.272 bits per heavy atom. The molecular weight excluding hydrogens is 990 g/mol. The third-order valence-corrected chi connectivity index (χ3v) is 17.2. The van der Waals surface area contributed by atoms with E-state index in [0.29, 0.717) is 5.75 Å². The van der Waals surface area contributed by atoms with Crippen LogP contribution < -0.4 is 57.1 Å². The highest BCUT2D eigenvalue weighted by Crippen LogP contribution is 2.53. The Labute approximate surface area is 467 Å². The number of ether oxygens (including phenoxy) is 1. The van der Waals surface area contributed by atoms with Gasteiger partial charge >= 0.3 is 0 Å². The Kier molecular flexibility index (Phi) is 9.28.